The molecule has 1 aromatic rings. The van der Waals surface area contributed by atoms with Gasteiger partial charge in [-0.15, -0.1) is 0 Å². The summed E-state index contributed by atoms with van der Waals surface area (Å²) in [6.45, 7) is 0.607. The molecule has 6 nitrogen and oxygen atoms in total. The first kappa shape index (κ1) is 17.9. The molecular weight excluding hydrogens is 387 g/mol. The second-order valence-electron chi connectivity index (χ2n) is 4.36. The van der Waals surface area contributed by atoms with Crippen LogP contribution in [0.25, 0.3) is 0 Å². The standard InChI is InChI=1S/C14H19IN2O4/c1-20-6-7-21-9-13(18)17-12(14(16)19)8-10-4-2-3-5-11(10)15/h2-5,12H,6-9H2,1H3,(H2,16,19)(H,17,18)/t12-/m1/s1. The van der Waals surface area contributed by atoms with Gasteiger partial charge in [0.25, 0.3) is 0 Å². The van der Waals surface area contributed by atoms with Crippen molar-refractivity contribution in [2.45, 2.75) is 12.5 Å². The summed E-state index contributed by atoms with van der Waals surface area (Å²) in [5.74, 6) is -0.944. The smallest absolute Gasteiger partial charge is 0.246 e. The minimum atomic E-state index is -0.751. The Morgan fingerprint density at radius 3 is 2.67 bits per heavy atom. The van der Waals surface area contributed by atoms with Gasteiger partial charge in [0, 0.05) is 17.1 Å². The minimum Gasteiger partial charge on any atom is -0.382 e. The first-order valence-electron chi connectivity index (χ1n) is 6.43. The first-order chi connectivity index (χ1) is 10.0. The fourth-order valence-electron chi connectivity index (χ4n) is 1.65. The number of nitrogens with one attached hydrogen (secondary N) is 1. The van der Waals surface area contributed by atoms with Crippen molar-refractivity contribution in [2.75, 3.05) is 26.9 Å². The maximum Gasteiger partial charge on any atom is 0.246 e. The van der Waals surface area contributed by atoms with Crippen LogP contribution >= 0.6 is 22.6 Å². The molecule has 1 rings (SSSR count). The number of ether oxygens (including phenoxy) is 2. The Morgan fingerprint density at radius 2 is 2.05 bits per heavy atom. The molecule has 7 heteroatoms. The van der Waals surface area contributed by atoms with Gasteiger partial charge in [0.15, 0.2) is 0 Å². The van der Waals surface area contributed by atoms with Gasteiger partial charge < -0.3 is 20.5 Å². The van der Waals surface area contributed by atoms with Crippen LogP contribution in [0.2, 0.25) is 0 Å². The number of nitrogens with two attached hydrogens (primary N) is 1. The summed E-state index contributed by atoms with van der Waals surface area (Å²) in [5.41, 5.74) is 6.30. The SMILES string of the molecule is COCCOCC(=O)N[C@H](Cc1ccccc1I)C(N)=O. The molecule has 0 aromatic heterocycles. The van der Waals surface area contributed by atoms with E-state index < -0.39 is 11.9 Å². The summed E-state index contributed by atoms with van der Waals surface area (Å²) >= 11 is 2.18. The van der Waals surface area contributed by atoms with Gasteiger partial charge in [0.1, 0.15) is 12.6 Å². The number of hydrogen-bond donors (Lipinski definition) is 2. The zero-order valence-electron chi connectivity index (χ0n) is 11.8. The molecule has 0 aliphatic heterocycles. The molecule has 116 valence electrons. The second-order valence-corrected chi connectivity index (χ2v) is 5.53. The van der Waals surface area contributed by atoms with Crippen molar-refractivity contribution in [3.8, 4) is 0 Å². The normalized spacial score (nSPS) is 11.9. The van der Waals surface area contributed by atoms with Crippen molar-refractivity contribution in [3.05, 3.63) is 33.4 Å². The predicted octanol–water partition coefficient (Wildman–Crippen LogP) is 0.467. The lowest BCUT2D eigenvalue weighted by Crippen LogP contribution is -2.47. The van der Waals surface area contributed by atoms with Crippen molar-refractivity contribution in [2.24, 2.45) is 5.73 Å². The van der Waals surface area contributed by atoms with Crippen LogP contribution in [0.4, 0.5) is 0 Å². The topological polar surface area (TPSA) is 90.7 Å². The summed E-state index contributed by atoms with van der Waals surface area (Å²) < 4.78 is 10.9. The molecule has 0 heterocycles. The lowest BCUT2D eigenvalue weighted by molar-refractivity contribution is -0.130. The number of carbonyl (C=O) groups is 2. The third kappa shape index (κ3) is 6.87. The highest BCUT2D eigenvalue weighted by Crippen LogP contribution is 2.13. The molecule has 1 atom stereocenters. The Morgan fingerprint density at radius 1 is 1.33 bits per heavy atom. The van der Waals surface area contributed by atoms with Gasteiger partial charge in [-0.05, 0) is 34.2 Å². The zero-order chi connectivity index (χ0) is 15.7. The number of carbonyl (C=O) groups excluding carboxylic acids is 2. The van der Waals surface area contributed by atoms with Crippen LogP contribution in [-0.4, -0.2) is 44.8 Å². The molecule has 21 heavy (non-hydrogen) atoms. The van der Waals surface area contributed by atoms with Gasteiger partial charge in [0.05, 0.1) is 13.2 Å². The van der Waals surface area contributed by atoms with E-state index in [-0.39, 0.29) is 12.5 Å². The lowest BCUT2D eigenvalue weighted by atomic mass is 10.1. The molecule has 0 aliphatic carbocycles. The van der Waals surface area contributed by atoms with Crippen LogP contribution in [0.3, 0.4) is 0 Å². The molecule has 3 N–H and O–H groups in total. The average Bonchev–Trinajstić information content (AvgIpc) is 2.45. The third-order valence-corrected chi connectivity index (χ3v) is 3.78. The molecule has 0 saturated heterocycles. The van der Waals surface area contributed by atoms with Gasteiger partial charge in [-0.1, -0.05) is 18.2 Å². The second kappa shape index (κ2) is 9.69. The zero-order valence-corrected chi connectivity index (χ0v) is 14.0. The first-order valence-corrected chi connectivity index (χ1v) is 7.51. The maximum absolute atomic E-state index is 11.7. The highest BCUT2D eigenvalue weighted by atomic mass is 127. The van der Waals surface area contributed by atoms with Gasteiger partial charge in [-0.25, -0.2) is 0 Å². The van der Waals surface area contributed by atoms with E-state index >= 15 is 0 Å². The van der Waals surface area contributed by atoms with E-state index in [1.165, 1.54) is 0 Å². The Bertz CT molecular complexity index is 482. The van der Waals surface area contributed by atoms with Crippen LogP contribution < -0.4 is 11.1 Å². The highest BCUT2D eigenvalue weighted by Gasteiger charge is 2.19. The van der Waals surface area contributed by atoms with E-state index in [2.05, 4.69) is 27.9 Å². The van der Waals surface area contributed by atoms with Crippen molar-refractivity contribution in [1.29, 1.82) is 0 Å². The van der Waals surface area contributed by atoms with Crippen molar-refractivity contribution in [3.63, 3.8) is 0 Å². The Balaban J connectivity index is 2.52. The van der Waals surface area contributed by atoms with Gasteiger partial charge >= 0.3 is 0 Å². The van der Waals surface area contributed by atoms with Crippen molar-refractivity contribution < 1.29 is 19.1 Å². The number of methoxy groups -OCH3 is 1. The molecule has 0 spiro atoms. The van der Waals surface area contributed by atoms with Gasteiger partial charge in [-0.2, -0.15) is 0 Å². The average molecular weight is 406 g/mol. The number of rotatable bonds is 9. The summed E-state index contributed by atoms with van der Waals surface area (Å²) in [5, 5.41) is 2.59. The number of primary amides is 1. The molecule has 0 saturated carbocycles. The Hall–Kier alpha value is -1.19. The molecule has 2 amide bonds. The van der Waals surface area contributed by atoms with Gasteiger partial charge in [0.2, 0.25) is 11.8 Å². The third-order valence-electron chi connectivity index (χ3n) is 2.73. The Kier molecular flexibility index (Phi) is 8.24. The molecule has 1 aromatic carbocycles. The fourth-order valence-corrected chi connectivity index (χ4v) is 2.26. The summed E-state index contributed by atoms with van der Waals surface area (Å²) in [7, 11) is 1.55. The minimum absolute atomic E-state index is 0.126. The number of benzene rings is 1. The van der Waals surface area contributed by atoms with E-state index in [0.717, 1.165) is 9.13 Å². The Labute approximate surface area is 137 Å². The fraction of sp³-hybridized carbons (Fsp3) is 0.429. The molecule has 0 fully saturated rings. The summed E-state index contributed by atoms with van der Waals surface area (Å²) in [4.78, 5) is 23.2. The highest BCUT2D eigenvalue weighted by molar-refractivity contribution is 14.1. The molecule has 0 aliphatic rings. The van der Waals surface area contributed by atoms with Crippen LogP contribution in [0.15, 0.2) is 24.3 Å². The van der Waals surface area contributed by atoms with E-state index in [1.807, 2.05) is 24.3 Å². The van der Waals surface area contributed by atoms with Crippen LogP contribution in [0, 0.1) is 3.57 Å². The van der Waals surface area contributed by atoms with Gasteiger partial charge in [-0.3, -0.25) is 9.59 Å². The summed E-state index contributed by atoms with van der Waals surface area (Å²) in [6, 6.07) is 6.88. The predicted molar refractivity (Wildman–Crippen MR) is 86.7 cm³/mol. The monoisotopic (exact) mass is 406 g/mol. The van der Waals surface area contributed by atoms with E-state index in [4.69, 9.17) is 15.2 Å². The van der Waals surface area contributed by atoms with Crippen LogP contribution in [0.1, 0.15) is 5.56 Å². The molecule has 0 unspecified atom stereocenters. The van der Waals surface area contributed by atoms with E-state index in [1.54, 1.807) is 7.11 Å². The molecule has 0 radical (unpaired) electrons. The number of halogens is 1. The maximum atomic E-state index is 11.7. The number of amides is 2. The van der Waals surface area contributed by atoms with E-state index in [9.17, 15) is 9.59 Å². The van der Waals surface area contributed by atoms with Crippen molar-refractivity contribution in [1.82, 2.24) is 5.32 Å². The van der Waals surface area contributed by atoms with Crippen molar-refractivity contribution >= 4 is 34.4 Å². The lowest BCUT2D eigenvalue weighted by Gasteiger charge is -2.16. The largest absolute Gasteiger partial charge is 0.382 e. The summed E-state index contributed by atoms with van der Waals surface area (Å²) in [6.07, 6.45) is 0.359. The van der Waals surface area contributed by atoms with E-state index in [0.29, 0.717) is 19.6 Å². The quantitative estimate of drug-likeness (QED) is 0.461. The molecular formula is C14H19IN2O4. The number of hydrogen-bond acceptors (Lipinski definition) is 4. The molecule has 0 bridgehead atoms. The van der Waals surface area contributed by atoms with Crippen LogP contribution in [0.5, 0.6) is 0 Å². The van der Waals surface area contributed by atoms with Crippen LogP contribution in [-0.2, 0) is 25.5 Å².